The Morgan fingerprint density at radius 3 is 2.80 bits per heavy atom. The van der Waals surface area contributed by atoms with Gasteiger partial charge in [-0.05, 0) is 25.1 Å². The third-order valence-corrected chi connectivity index (χ3v) is 2.68. The van der Waals surface area contributed by atoms with E-state index in [0.29, 0.717) is 10.0 Å². The van der Waals surface area contributed by atoms with E-state index >= 15 is 0 Å². The lowest BCUT2D eigenvalue weighted by atomic mass is 10.2. The molecule has 0 aliphatic carbocycles. The van der Waals surface area contributed by atoms with Crippen molar-refractivity contribution < 1.29 is 0 Å². The summed E-state index contributed by atoms with van der Waals surface area (Å²) in [6, 6.07) is 5.34. The monoisotopic (exact) mass is 241 g/mol. The molecule has 1 heterocycles. The molecule has 15 heavy (non-hydrogen) atoms. The summed E-state index contributed by atoms with van der Waals surface area (Å²) in [7, 11) is 0. The van der Waals surface area contributed by atoms with Crippen molar-refractivity contribution in [2.75, 3.05) is 0 Å². The van der Waals surface area contributed by atoms with Gasteiger partial charge in [0.15, 0.2) is 5.82 Å². The molecule has 0 amide bonds. The molecule has 0 aliphatic rings. The van der Waals surface area contributed by atoms with Crippen molar-refractivity contribution in [2.24, 2.45) is 0 Å². The number of aryl methyl sites for hydroxylation is 1. The van der Waals surface area contributed by atoms with Gasteiger partial charge in [-0.15, -0.1) is 10.2 Å². The molecular weight excluding hydrogens is 233 g/mol. The molecule has 1 aromatic carbocycles. The lowest BCUT2D eigenvalue weighted by Crippen LogP contribution is -1.96. The molecule has 0 spiro atoms. The number of hydrogen-bond donors (Lipinski definition) is 0. The Kier molecular flexibility index (Phi) is 2.93. The Bertz CT molecular complexity index is 479. The number of aromatic nitrogens is 3. The van der Waals surface area contributed by atoms with Crippen molar-refractivity contribution in [1.82, 2.24) is 14.8 Å². The lowest BCUT2D eigenvalue weighted by molar-refractivity contribution is 0.767. The number of rotatable bonds is 2. The topological polar surface area (TPSA) is 30.7 Å². The van der Waals surface area contributed by atoms with Crippen LogP contribution in [0.25, 0.3) is 11.4 Å². The Balaban J connectivity index is 2.54. The summed E-state index contributed by atoms with van der Waals surface area (Å²) in [5.74, 6) is 0.763. The van der Waals surface area contributed by atoms with Crippen LogP contribution in [0.15, 0.2) is 24.5 Å². The average molecular weight is 242 g/mol. The molecule has 0 aliphatic heterocycles. The highest BCUT2D eigenvalue weighted by molar-refractivity contribution is 6.36. The van der Waals surface area contributed by atoms with E-state index in [1.165, 1.54) is 0 Å². The minimum Gasteiger partial charge on any atom is -0.314 e. The molecule has 0 saturated carbocycles. The highest BCUT2D eigenvalue weighted by Crippen LogP contribution is 2.28. The molecule has 0 saturated heterocycles. The zero-order valence-corrected chi connectivity index (χ0v) is 9.63. The van der Waals surface area contributed by atoms with Gasteiger partial charge in [0.2, 0.25) is 0 Å². The van der Waals surface area contributed by atoms with Crippen LogP contribution < -0.4 is 0 Å². The van der Waals surface area contributed by atoms with Gasteiger partial charge < -0.3 is 4.57 Å². The normalized spacial score (nSPS) is 10.6. The van der Waals surface area contributed by atoms with E-state index in [1.54, 1.807) is 18.5 Å². The van der Waals surface area contributed by atoms with Gasteiger partial charge in [-0.2, -0.15) is 0 Å². The van der Waals surface area contributed by atoms with Crippen molar-refractivity contribution >= 4 is 23.2 Å². The van der Waals surface area contributed by atoms with Gasteiger partial charge >= 0.3 is 0 Å². The summed E-state index contributed by atoms with van der Waals surface area (Å²) in [6.45, 7) is 2.83. The van der Waals surface area contributed by atoms with Crippen molar-refractivity contribution in [3.8, 4) is 11.4 Å². The molecular formula is C10H9Cl2N3. The smallest absolute Gasteiger partial charge is 0.165 e. The molecule has 5 heteroatoms. The van der Waals surface area contributed by atoms with Crippen molar-refractivity contribution in [2.45, 2.75) is 13.5 Å². The Morgan fingerprint density at radius 2 is 2.13 bits per heavy atom. The van der Waals surface area contributed by atoms with E-state index in [4.69, 9.17) is 23.2 Å². The number of benzene rings is 1. The average Bonchev–Trinajstić information content (AvgIpc) is 2.65. The minimum absolute atomic E-state index is 0.588. The summed E-state index contributed by atoms with van der Waals surface area (Å²) in [4.78, 5) is 0. The molecule has 0 fully saturated rings. The van der Waals surface area contributed by atoms with Gasteiger partial charge in [-0.3, -0.25) is 0 Å². The first-order valence-electron chi connectivity index (χ1n) is 4.55. The van der Waals surface area contributed by atoms with Gasteiger partial charge in [0.1, 0.15) is 6.33 Å². The van der Waals surface area contributed by atoms with E-state index in [1.807, 2.05) is 17.6 Å². The van der Waals surface area contributed by atoms with Crippen LogP contribution in [0.2, 0.25) is 10.0 Å². The van der Waals surface area contributed by atoms with Crippen LogP contribution in [0.5, 0.6) is 0 Å². The maximum absolute atomic E-state index is 6.08. The predicted molar refractivity (Wildman–Crippen MR) is 61.2 cm³/mol. The number of hydrogen-bond acceptors (Lipinski definition) is 2. The third kappa shape index (κ3) is 1.98. The summed E-state index contributed by atoms with van der Waals surface area (Å²) >= 11 is 11.9. The summed E-state index contributed by atoms with van der Waals surface area (Å²) in [6.07, 6.45) is 1.68. The van der Waals surface area contributed by atoms with Gasteiger partial charge in [0, 0.05) is 17.1 Å². The van der Waals surface area contributed by atoms with Gasteiger partial charge in [-0.1, -0.05) is 23.2 Å². The lowest BCUT2D eigenvalue weighted by Gasteiger charge is -2.05. The summed E-state index contributed by atoms with van der Waals surface area (Å²) in [5, 5.41) is 9.09. The molecule has 2 aromatic rings. The van der Waals surface area contributed by atoms with Crippen molar-refractivity contribution in [3.63, 3.8) is 0 Å². The Morgan fingerprint density at radius 1 is 1.33 bits per heavy atom. The fourth-order valence-electron chi connectivity index (χ4n) is 1.37. The second kappa shape index (κ2) is 4.21. The molecule has 3 nitrogen and oxygen atoms in total. The maximum Gasteiger partial charge on any atom is 0.165 e. The fraction of sp³-hybridized carbons (Fsp3) is 0.200. The van der Waals surface area contributed by atoms with E-state index in [-0.39, 0.29) is 0 Å². The summed E-state index contributed by atoms with van der Waals surface area (Å²) < 4.78 is 1.93. The van der Waals surface area contributed by atoms with Crippen molar-refractivity contribution in [3.05, 3.63) is 34.6 Å². The third-order valence-electron chi connectivity index (χ3n) is 2.13. The van der Waals surface area contributed by atoms with Crippen LogP contribution in [0.1, 0.15) is 6.92 Å². The number of nitrogens with zero attached hydrogens (tertiary/aromatic N) is 3. The van der Waals surface area contributed by atoms with E-state index in [9.17, 15) is 0 Å². The standard InChI is InChI=1S/C10H9Cl2N3/c1-2-15-6-13-14-10(15)8-4-3-7(11)5-9(8)12/h3-6H,2H2,1H3. The number of halogens is 2. The second-order valence-corrected chi connectivity index (χ2v) is 3.91. The minimum atomic E-state index is 0.588. The second-order valence-electron chi connectivity index (χ2n) is 3.06. The highest BCUT2D eigenvalue weighted by Gasteiger charge is 2.10. The van der Waals surface area contributed by atoms with E-state index in [2.05, 4.69) is 10.2 Å². The Hall–Kier alpha value is -1.06. The molecule has 1 aromatic heterocycles. The zero-order valence-electron chi connectivity index (χ0n) is 8.11. The molecule has 2 rings (SSSR count). The molecule has 78 valence electrons. The van der Waals surface area contributed by atoms with E-state index in [0.717, 1.165) is 17.9 Å². The quantitative estimate of drug-likeness (QED) is 0.809. The SMILES string of the molecule is CCn1cnnc1-c1ccc(Cl)cc1Cl. The maximum atomic E-state index is 6.08. The van der Waals surface area contributed by atoms with Crippen LogP contribution in [0, 0.1) is 0 Å². The predicted octanol–water partition coefficient (Wildman–Crippen LogP) is 3.27. The zero-order chi connectivity index (χ0) is 10.8. The largest absolute Gasteiger partial charge is 0.314 e. The van der Waals surface area contributed by atoms with Crippen LogP contribution >= 0.6 is 23.2 Å². The van der Waals surface area contributed by atoms with Gasteiger partial charge in [-0.25, -0.2) is 0 Å². The molecule has 0 N–H and O–H groups in total. The van der Waals surface area contributed by atoms with Crippen LogP contribution in [-0.4, -0.2) is 14.8 Å². The Labute approximate surface area is 97.7 Å². The van der Waals surface area contributed by atoms with Crippen molar-refractivity contribution in [1.29, 1.82) is 0 Å². The summed E-state index contributed by atoms with van der Waals surface area (Å²) in [5.41, 5.74) is 0.848. The van der Waals surface area contributed by atoms with Crippen LogP contribution in [0.4, 0.5) is 0 Å². The first-order valence-corrected chi connectivity index (χ1v) is 5.31. The molecule has 0 bridgehead atoms. The van der Waals surface area contributed by atoms with Gasteiger partial charge in [0.05, 0.1) is 5.02 Å². The molecule has 0 radical (unpaired) electrons. The molecule has 0 atom stereocenters. The van der Waals surface area contributed by atoms with Crippen LogP contribution in [-0.2, 0) is 6.54 Å². The van der Waals surface area contributed by atoms with Gasteiger partial charge in [0.25, 0.3) is 0 Å². The first kappa shape index (κ1) is 10.5. The van der Waals surface area contributed by atoms with Crippen LogP contribution in [0.3, 0.4) is 0 Å². The molecule has 0 unspecified atom stereocenters. The highest BCUT2D eigenvalue weighted by atomic mass is 35.5. The van der Waals surface area contributed by atoms with E-state index < -0.39 is 0 Å². The first-order chi connectivity index (χ1) is 7.22. The fourth-order valence-corrected chi connectivity index (χ4v) is 1.86.